The molecule has 0 N–H and O–H groups in total. The number of hydrogen-bond acceptors (Lipinski definition) is 4. The molecule has 0 aliphatic carbocycles. The molecule has 2 saturated heterocycles. The molecular formula is C24H22Cl2F2N4O3. The van der Waals surface area contributed by atoms with Crippen molar-refractivity contribution in [2.75, 3.05) is 31.1 Å². The molecule has 1 aromatic heterocycles. The molecule has 2 aliphatic heterocycles. The summed E-state index contributed by atoms with van der Waals surface area (Å²) < 4.78 is 37.9. The van der Waals surface area contributed by atoms with E-state index in [2.05, 4.69) is 4.98 Å². The van der Waals surface area contributed by atoms with E-state index in [1.807, 2.05) is 0 Å². The molecule has 7 nitrogen and oxygen atoms in total. The van der Waals surface area contributed by atoms with Crippen molar-refractivity contribution < 1.29 is 23.1 Å². The lowest BCUT2D eigenvalue weighted by Crippen LogP contribution is -2.46. The zero-order chi connectivity index (χ0) is 24.9. The molecule has 1 atom stereocenters. The van der Waals surface area contributed by atoms with E-state index in [-0.39, 0.29) is 45.3 Å². The third kappa shape index (κ3) is 4.37. The number of carbonyl (C=O) groups excluding carboxylic acids is 2. The van der Waals surface area contributed by atoms with E-state index in [1.54, 1.807) is 15.5 Å². The van der Waals surface area contributed by atoms with E-state index in [9.17, 15) is 14.0 Å². The number of benzene rings is 2. The van der Waals surface area contributed by atoms with Crippen LogP contribution in [-0.2, 0) is 20.9 Å². The molecule has 2 fully saturated rings. The lowest BCUT2D eigenvalue weighted by atomic mass is 10.1. The fourth-order valence-electron chi connectivity index (χ4n) is 4.68. The van der Waals surface area contributed by atoms with Crippen LogP contribution in [0.5, 0.6) is 0 Å². The maximum atomic E-state index is 15.5. The highest BCUT2D eigenvalue weighted by Gasteiger charge is 2.29. The number of aromatic nitrogens is 2. The Morgan fingerprint density at radius 2 is 2.00 bits per heavy atom. The van der Waals surface area contributed by atoms with Gasteiger partial charge in [0.15, 0.2) is 5.82 Å². The largest absolute Gasteiger partial charge is 0.373 e. The van der Waals surface area contributed by atoms with Gasteiger partial charge in [-0.25, -0.2) is 13.8 Å². The fourth-order valence-corrected chi connectivity index (χ4v) is 5.12. The summed E-state index contributed by atoms with van der Waals surface area (Å²) in [5.74, 6) is -1.48. The number of anilines is 1. The normalized spacial score (nSPS) is 18.7. The van der Waals surface area contributed by atoms with Crippen molar-refractivity contribution in [3.8, 4) is 11.4 Å². The standard InChI is InChI=1S/C24H22Cl2F2N4O3/c1-13(33)30-7-8-35-15(11-30)12-32-19-5-4-16(25)22(28)23(19)29-24(32)21-17(26)9-14(10-18(21)27)31-6-2-3-20(31)34/h4-5,9-10,15H,2-3,6-8,11-12H2,1H3/t15-/m1/s1. The van der Waals surface area contributed by atoms with Gasteiger partial charge in [-0.1, -0.05) is 23.2 Å². The number of imidazole rings is 1. The molecule has 35 heavy (non-hydrogen) atoms. The van der Waals surface area contributed by atoms with Gasteiger partial charge in [0, 0.05) is 38.7 Å². The maximum Gasteiger partial charge on any atom is 0.227 e. The highest BCUT2D eigenvalue weighted by molar-refractivity contribution is 6.33. The van der Waals surface area contributed by atoms with Crippen molar-refractivity contribution >= 4 is 51.7 Å². The van der Waals surface area contributed by atoms with Crippen LogP contribution in [0.15, 0.2) is 24.3 Å². The van der Waals surface area contributed by atoms with E-state index < -0.39 is 17.7 Å². The van der Waals surface area contributed by atoms with Crippen LogP contribution in [0, 0.1) is 11.6 Å². The number of rotatable bonds is 4. The number of halogens is 4. The molecule has 3 heterocycles. The van der Waals surface area contributed by atoms with Gasteiger partial charge in [0.25, 0.3) is 0 Å². The number of hydrogen-bond donors (Lipinski definition) is 0. The molecule has 2 amide bonds. The Bertz CT molecular complexity index is 1320. The first-order chi connectivity index (χ1) is 16.7. The number of ether oxygens (including phenoxy) is 1. The first-order valence-electron chi connectivity index (χ1n) is 11.3. The minimum atomic E-state index is -0.727. The second-order valence-corrected chi connectivity index (χ2v) is 9.48. The molecule has 0 saturated carbocycles. The number of morpholine rings is 1. The lowest BCUT2D eigenvalue weighted by Gasteiger charge is -2.32. The van der Waals surface area contributed by atoms with Crippen molar-refractivity contribution in [3.63, 3.8) is 0 Å². The summed E-state index contributed by atoms with van der Waals surface area (Å²) >= 11 is 12.5. The summed E-state index contributed by atoms with van der Waals surface area (Å²) in [5.41, 5.74) is 0.706. The Hall–Kier alpha value is -2.75. The molecule has 3 aromatic rings. The van der Waals surface area contributed by atoms with Gasteiger partial charge in [-0.15, -0.1) is 0 Å². The highest BCUT2D eigenvalue weighted by Crippen LogP contribution is 2.38. The van der Waals surface area contributed by atoms with Crippen LogP contribution in [0.2, 0.25) is 10.0 Å². The quantitative estimate of drug-likeness (QED) is 0.499. The first kappa shape index (κ1) is 24.0. The minimum Gasteiger partial charge on any atom is -0.373 e. The van der Waals surface area contributed by atoms with Gasteiger partial charge in [-0.2, -0.15) is 0 Å². The summed E-state index contributed by atoms with van der Waals surface area (Å²) in [7, 11) is 0. The maximum absolute atomic E-state index is 15.5. The average Bonchev–Trinajstić information content (AvgIpc) is 3.40. The lowest BCUT2D eigenvalue weighted by molar-refractivity contribution is -0.136. The summed E-state index contributed by atoms with van der Waals surface area (Å²) in [5, 5.41) is -0.0717. The Morgan fingerprint density at radius 3 is 2.69 bits per heavy atom. The van der Waals surface area contributed by atoms with Crippen molar-refractivity contribution in [2.45, 2.75) is 32.4 Å². The Balaban J connectivity index is 1.61. The Labute approximate surface area is 210 Å². The van der Waals surface area contributed by atoms with Crippen LogP contribution in [-0.4, -0.2) is 58.6 Å². The van der Waals surface area contributed by atoms with Gasteiger partial charge >= 0.3 is 0 Å². The van der Waals surface area contributed by atoms with Crippen LogP contribution in [0.3, 0.4) is 0 Å². The second-order valence-electron chi connectivity index (χ2n) is 8.67. The average molecular weight is 523 g/mol. The van der Waals surface area contributed by atoms with E-state index in [0.29, 0.717) is 50.3 Å². The first-order valence-corrected chi connectivity index (χ1v) is 12.0. The SMILES string of the molecule is CC(=O)N1CCO[C@@H](Cn2c(-c3c(F)cc(N4CCCC4=O)cc3Cl)nc3c(F)c(Cl)ccc32)C1. The molecule has 11 heteroatoms. The fraction of sp³-hybridized carbons (Fsp3) is 0.375. The van der Waals surface area contributed by atoms with Crippen molar-refractivity contribution in [3.05, 3.63) is 45.9 Å². The van der Waals surface area contributed by atoms with Gasteiger partial charge in [-0.05, 0) is 30.7 Å². The van der Waals surface area contributed by atoms with Crippen molar-refractivity contribution in [1.82, 2.24) is 14.5 Å². The predicted octanol–water partition coefficient (Wildman–Crippen LogP) is 4.66. The minimum absolute atomic E-state index is 0.0204. The summed E-state index contributed by atoms with van der Waals surface area (Å²) in [6.07, 6.45) is 0.662. The smallest absolute Gasteiger partial charge is 0.227 e. The van der Waals surface area contributed by atoms with Gasteiger partial charge in [0.05, 0.1) is 40.4 Å². The number of amides is 2. The zero-order valence-corrected chi connectivity index (χ0v) is 20.4. The van der Waals surface area contributed by atoms with Crippen LogP contribution in [0.25, 0.3) is 22.4 Å². The molecule has 0 radical (unpaired) electrons. The van der Waals surface area contributed by atoms with Crippen molar-refractivity contribution in [2.24, 2.45) is 0 Å². The number of fused-ring (bicyclic) bond motifs is 1. The summed E-state index contributed by atoms with van der Waals surface area (Å²) in [4.78, 5) is 31.6. The van der Waals surface area contributed by atoms with Gasteiger partial charge < -0.3 is 19.1 Å². The molecule has 2 aliphatic rings. The van der Waals surface area contributed by atoms with Gasteiger partial charge in [-0.3, -0.25) is 9.59 Å². The topological polar surface area (TPSA) is 67.7 Å². The Morgan fingerprint density at radius 1 is 1.20 bits per heavy atom. The number of nitrogens with zero attached hydrogens (tertiary/aromatic N) is 4. The molecule has 0 spiro atoms. The molecule has 2 aromatic carbocycles. The van der Waals surface area contributed by atoms with Crippen LogP contribution >= 0.6 is 23.2 Å². The van der Waals surface area contributed by atoms with E-state index >= 15 is 4.39 Å². The van der Waals surface area contributed by atoms with E-state index in [4.69, 9.17) is 27.9 Å². The van der Waals surface area contributed by atoms with Crippen molar-refractivity contribution in [1.29, 1.82) is 0 Å². The third-order valence-electron chi connectivity index (χ3n) is 6.42. The zero-order valence-electron chi connectivity index (χ0n) is 18.9. The molecule has 5 rings (SSSR count). The van der Waals surface area contributed by atoms with Crippen LogP contribution in [0.1, 0.15) is 19.8 Å². The molecule has 0 unspecified atom stereocenters. The van der Waals surface area contributed by atoms with E-state index in [0.717, 1.165) is 0 Å². The third-order valence-corrected chi connectivity index (χ3v) is 7.01. The second kappa shape index (κ2) is 9.37. The van der Waals surface area contributed by atoms with Crippen LogP contribution < -0.4 is 4.90 Å². The van der Waals surface area contributed by atoms with E-state index in [1.165, 1.54) is 30.0 Å². The Kier molecular flexibility index (Phi) is 6.41. The summed E-state index contributed by atoms with van der Waals surface area (Å²) in [6, 6.07) is 5.77. The van der Waals surface area contributed by atoms with Gasteiger partial charge in [0.2, 0.25) is 11.8 Å². The van der Waals surface area contributed by atoms with Gasteiger partial charge in [0.1, 0.15) is 17.2 Å². The number of carbonyl (C=O) groups is 2. The monoisotopic (exact) mass is 522 g/mol. The predicted molar refractivity (Wildman–Crippen MR) is 129 cm³/mol. The highest BCUT2D eigenvalue weighted by atomic mass is 35.5. The molecule has 0 bridgehead atoms. The molecular weight excluding hydrogens is 501 g/mol. The summed E-state index contributed by atoms with van der Waals surface area (Å²) in [6.45, 7) is 3.31. The van der Waals surface area contributed by atoms with Crippen LogP contribution in [0.4, 0.5) is 14.5 Å². The molecule has 184 valence electrons.